The van der Waals surface area contributed by atoms with E-state index in [9.17, 15) is 24.9 Å². The zero-order valence-corrected chi connectivity index (χ0v) is 24.2. The van der Waals surface area contributed by atoms with E-state index in [0.717, 1.165) is 11.1 Å². The van der Waals surface area contributed by atoms with Gasteiger partial charge in [0.25, 0.3) is 0 Å². The zero-order chi connectivity index (χ0) is 27.2. The number of halogens is 2. The number of carboxylic acids is 1. The molecule has 0 radical (unpaired) electrons. The monoisotopic (exact) mass is 630 g/mol. The number of benzene rings is 3. The van der Waals surface area contributed by atoms with E-state index in [1.54, 1.807) is 0 Å². The summed E-state index contributed by atoms with van der Waals surface area (Å²) in [5.41, 5.74) is 2.62. The van der Waals surface area contributed by atoms with E-state index in [0.29, 0.717) is 62.4 Å². The van der Waals surface area contributed by atoms with E-state index in [2.05, 4.69) is 31.9 Å². The van der Waals surface area contributed by atoms with Gasteiger partial charge in [0.1, 0.15) is 11.5 Å². The number of ether oxygens (including phenoxy) is 1. The van der Waals surface area contributed by atoms with Gasteiger partial charge in [0.2, 0.25) is 0 Å². The van der Waals surface area contributed by atoms with Crippen molar-refractivity contribution in [2.75, 3.05) is 0 Å². The van der Waals surface area contributed by atoms with Crippen LogP contribution in [0.4, 0.5) is 0 Å². The minimum Gasteiger partial charge on any atom is -0.507 e. The first-order valence-electron chi connectivity index (χ1n) is 12.3. The number of aromatic hydroxyl groups is 2. The van der Waals surface area contributed by atoms with Crippen molar-refractivity contribution in [1.29, 1.82) is 0 Å². The van der Waals surface area contributed by atoms with Gasteiger partial charge in [0.15, 0.2) is 5.60 Å². The average molecular weight is 632 g/mol. The van der Waals surface area contributed by atoms with Crippen LogP contribution in [0.5, 0.6) is 11.5 Å². The van der Waals surface area contributed by atoms with Gasteiger partial charge in [-0.3, -0.25) is 0 Å². The zero-order valence-electron chi connectivity index (χ0n) is 21.0. The lowest BCUT2D eigenvalue weighted by Gasteiger charge is -2.35. The first-order valence-corrected chi connectivity index (χ1v) is 13.8. The van der Waals surface area contributed by atoms with Gasteiger partial charge in [-0.1, -0.05) is 59.6 Å². The lowest BCUT2D eigenvalue weighted by atomic mass is 9.74. The molecule has 0 bridgehead atoms. The maximum atomic E-state index is 13.4. The number of hydrogen-bond donors (Lipinski definition) is 3. The highest BCUT2D eigenvalue weighted by Crippen LogP contribution is 2.54. The molecule has 6 nitrogen and oxygen atoms in total. The summed E-state index contributed by atoms with van der Waals surface area (Å²) in [6, 6.07) is 7.97. The Morgan fingerprint density at radius 2 is 1.24 bits per heavy atom. The summed E-state index contributed by atoms with van der Waals surface area (Å²) in [5.74, 6) is -1.56. The second-order valence-electron chi connectivity index (χ2n) is 8.97. The van der Waals surface area contributed by atoms with Crippen LogP contribution in [0.15, 0.2) is 39.3 Å². The molecule has 0 spiro atoms. The number of esters is 1. The minimum atomic E-state index is -1.60. The van der Waals surface area contributed by atoms with Crippen molar-refractivity contribution in [3.8, 4) is 11.5 Å². The second kappa shape index (κ2) is 10.1. The quantitative estimate of drug-likeness (QED) is 0.242. The number of phenols is 2. The maximum absolute atomic E-state index is 13.4. The average Bonchev–Trinajstić information content (AvgIpc) is 3.16. The van der Waals surface area contributed by atoms with Crippen LogP contribution in [0.2, 0.25) is 0 Å². The molecule has 0 fully saturated rings. The Labute approximate surface area is 232 Å². The van der Waals surface area contributed by atoms with E-state index in [1.807, 2.05) is 39.8 Å². The van der Waals surface area contributed by atoms with Crippen molar-refractivity contribution >= 4 is 43.8 Å². The van der Waals surface area contributed by atoms with Crippen LogP contribution in [0.3, 0.4) is 0 Å². The van der Waals surface area contributed by atoms with Gasteiger partial charge < -0.3 is 20.1 Å². The molecule has 1 heterocycles. The first-order chi connectivity index (χ1) is 17.6. The van der Waals surface area contributed by atoms with Gasteiger partial charge in [-0.05, 0) is 56.0 Å². The molecule has 0 saturated heterocycles. The van der Waals surface area contributed by atoms with Crippen LogP contribution in [0.1, 0.15) is 87.4 Å². The molecule has 0 atom stereocenters. The Kier molecular flexibility index (Phi) is 7.45. The summed E-state index contributed by atoms with van der Waals surface area (Å²) < 4.78 is 7.57. The topological polar surface area (TPSA) is 104 Å². The number of carbonyl (C=O) groups is 2. The second-order valence-corrected chi connectivity index (χ2v) is 10.7. The van der Waals surface area contributed by atoms with Crippen LogP contribution in [-0.2, 0) is 36.0 Å². The van der Waals surface area contributed by atoms with E-state index < -0.39 is 17.5 Å². The smallest absolute Gasteiger partial charge is 0.340 e. The number of carboxylic acid groups (broad SMARTS) is 1. The van der Waals surface area contributed by atoms with Crippen molar-refractivity contribution in [3.63, 3.8) is 0 Å². The SMILES string of the molecule is CCc1c(Br)cc(C2(c3cc(Br)c(CC)c(O)c3CC)OC(=O)c3ccc(C(=O)O)cc32)c(CC)c1O. The molecule has 4 rings (SSSR count). The Balaban J connectivity index is 2.27. The first kappa shape index (κ1) is 27.2. The number of cyclic esters (lactones) is 1. The molecule has 1 aliphatic heterocycles. The highest BCUT2D eigenvalue weighted by Gasteiger charge is 2.52. The third-order valence-corrected chi connectivity index (χ3v) is 8.61. The van der Waals surface area contributed by atoms with Crippen molar-refractivity contribution in [3.05, 3.63) is 89.3 Å². The number of carbonyl (C=O) groups excluding carboxylic acids is 1. The molecular formula is C29H28Br2O6. The summed E-state index contributed by atoms with van der Waals surface area (Å²) in [6.45, 7) is 7.68. The largest absolute Gasteiger partial charge is 0.507 e. The van der Waals surface area contributed by atoms with Crippen LogP contribution < -0.4 is 0 Å². The Morgan fingerprint density at radius 1 is 0.784 bits per heavy atom. The molecule has 0 saturated carbocycles. The minimum absolute atomic E-state index is 0.000506. The highest BCUT2D eigenvalue weighted by molar-refractivity contribution is 9.10. The van der Waals surface area contributed by atoms with E-state index >= 15 is 0 Å². The number of fused-ring (bicyclic) bond motifs is 1. The van der Waals surface area contributed by atoms with Gasteiger partial charge in [0.05, 0.1) is 11.1 Å². The molecule has 0 unspecified atom stereocenters. The number of rotatable bonds is 7. The fraction of sp³-hybridized carbons (Fsp3) is 0.310. The number of hydrogen-bond acceptors (Lipinski definition) is 5. The number of aromatic carboxylic acids is 1. The summed E-state index contributed by atoms with van der Waals surface area (Å²) in [6.07, 6.45) is 2.00. The van der Waals surface area contributed by atoms with Crippen molar-refractivity contribution in [1.82, 2.24) is 0 Å². The lowest BCUT2D eigenvalue weighted by Crippen LogP contribution is -2.33. The lowest BCUT2D eigenvalue weighted by molar-refractivity contribution is 0.0244. The van der Waals surface area contributed by atoms with Crippen LogP contribution in [0, 0.1) is 0 Å². The van der Waals surface area contributed by atoms with Crippen LogP contribution in [0.25, 0.3) is 0 Å². The molecule has 194 valence electrons. The van der Waals surface area contributed by atoms with Gasteiger partial charge >= 0.3 is 11.9 Å². The Morgan fingerprint density at radius 3 is 1.65 bits per heavy atom. The van der Waals surface area contributed by atoms with Crippen molar-refractivity contribution in [2.45, 2.75) is 59.0 Å². The Bertz CT molecular complexity index is 1380. The van der Waals surface area contributed by atoms with Crippen LogP contribution in [-0.4, -0.2) is 27.3 Å². The van der Waals surface area contributed by atoms with Gasteiger partial charge in [-0.25, -0.2) is 9.59 Å². The van der Waals surface area contributed by atoms with E-state index in [-0.39, 0.29) is 22.6 Å². The van der Waals surface area contributed by atoms with Crippen molar-refractivity contribution < 1.29 is 29.6 Å². The fourth-order valence-electron chi connectivity index (χ4n) is 5.40. The van der Waals surface area contributed by atoms with Gasteiger partial charge in [0, 0.05) is 47.9 Å². The standard InChI is InChI=1S/C29H28Br2O6/c1-5-15-21(12-23(30)17(7-3)25(15)32)29(22-13-24(31)18(8-4)26(33)16(22)6-2)20-11-14(27(34)35)9-10-19(20)28(36)37-29/h9-13,32-33H,5-8H2,1-4H3,(H,34,35). The summed E-state index contributed by atoms with van der Waals surface area (Å²) in [7, 11) is 0. The predicted octanol–water partition coefficient (Wildman–Crippen LogP) is 7.03. The molecule has 3 aromatic rings. The molecule has 3 N–H and O–H groups in total. The molecule has 1 aliphatic rings. The molecule has 3 aromatic carbocycles. The summed E-state index contributed by atoms with van der Waals surface area (Å²) in [4.78, 5) is 25.4. The maximum Gasteiger partial charge on any atom is 0.340 e. The number of phenolic OH excluding ortho intramolecular Hbond substituents is 2. The van der Waals surface area contributed by atoms with Gasteiger partial charge in [-0.2, -0.15) is 0 Å². The summed E-state index contributed by atoms with van der Waals surface area (Å²) in [5, 5.41) is 32.4. The molecule has 8 heteroatoms. The third-order valence-electron chi connectivity index (χ3n) is 7.20. The molecular weight excluding hydrogens is 604 g/mol. The fourth-order valence-corrected chi connectivity index (χ4v) is 6.80. The van der Waals surface area contributed by atoms with Gasteiger partial charge in [-0.15, -0.1) is 0 Å². The van der Waals surface area contributed by atoms with E-state index in [1.165, 1.54) is 18.2 Å². The summed E-state index contributed by atoms with van der Waals surface area (Å²) >= 11 is 7.18. The normalized spacial score (nSPS) is 13.9. The molecule has 0 amide bonds. The van der Waals surface area contributed by atoms with Crippen molar-refractivity contribution in [2.24, 2.45) is 0 Å². The molecule has 0 aromatic heterocycles. The molecule has 0 aliphatic carbocycles. The van der Waals surface area contributed by atoms with Crippen LogP contribution >= 0.6 is 31.9 Å². The highest BCUT2D eigenvalue weighted by atomic mass is 79.9. The predicted molar refractivity (Wildman–Crippen MR) is 148 cm³/mol. The van der Waals surface area contributed by atoms with E-state index in [4.69, 9.17) is 4.74 Å². The third kappa shape index (κ3) is 4.05. The Hall–Kier alpha value is -2.84. The molecule has 37 heavy (non-hydrogen) atoms.